The smallest absolute Gasteiger partial charge is 0.351 e. The van der Waals surface area contributed by atoms with E-state index in [9.17, 15) is 21.6 Å². The molecule has 1 N–H and O–H groups in total. The van der Waals surface area contributed by atoms with Crippen LogP contribution in [-0.2, 0) is 22.7 Å². The van der Waals surface area contributed by atoms with Crippen molar-refractivity contribution in [3.63, 3.8) is 0 Å². The van der Waals surface area contributed by atoms with Gasteiger partial charge < -0.3 is 14.8 Å². The molecule has 0 saturated carbocycles. The van der Waals surface area contributed by atoms with Crippen molar-refractivity contribution in [2.45, 2.75) is 38.5 Å². The van der Waals surface area contributed by atoms with Gasteiger partial charge in [-0.3, -0.25) is 4.90 Å². The van der Waals surface area contributed by atoms with E-state index in [2.05, 4.69) is 37.0 Å². The number of nitrogens with zero attached hydrogens (tertiary/aromatic N) is 7. The van der Waals surface area contributed by atoms with E-state index >= 15 is 4.39 Å². The molecule has 1 aromatic carbocycles. The monoisotopic (exact) mass is 644 g/mol. The predicted molar refractivity (Wildman–Crippen MR) is 155 cm³/mol. The average Bonchev–Trinajstić information content (AvgIpc) is 3.42. The maximum Gasteiger partial charge on any atom is 0.420 e. The second-order valence-corrected chi connectivity index (χ2v) is 13.2. The first-order chi connectivity index (χ1) is 20.3. The van der Waals surface area contributed by atoms with Gasteiger partial charge in [0.05, 0.1) is 11.3 Å². The van der Waals surface area contributed by atoms with Crippen molar-refractivity contribution >= 4 is 27.6 Å². The third-order valence-corrected chi connectivity index (χ3v) is 9.42. The van der Waals surface area contributed by atoms with Crippen molar-refractivity contribution < 1.29 is 26.0 Å². The van der Waals surface area contributed by atoms with Gasteiger partial charge in [-0.05, 0) is 37.1 Å². The summed E-state index contributed by atoms with van der Waals surface area (Å²) in [6, 6.07) is 2.81. The Hall–Kier alpha value is -2.85. The van der Waals surface area contributed by atoms with Crippen LogP contribution in [0.4, 0.5) is 23.5 Å². The summed E-state index contributed by atoms with van der Waals surface area (Å²) in [7, 11) is -3.33. The zero-order valence-electron chi connectivity index (χ0n) is 23.8. The maximum absolute atomic E-state index is 15.4. The summed E-state index contributed by atoms with van der Waals surface area (Å²) in [5.41, 5.74) is -1.04. The molecule has 16 heteroatoms. The average molecular weight is 645 g/mol. The molecular formula is C27H33ClF4N8O2S. The Bertz CT molecular complexity index is 1530. The number of hydrogen-bond donors (Lipinski definition) is 1. The summed E-state index contributed by atoms with van der Waals surface area (Å²) < 4.78 is 83.3. The standard InChI is InChI=1S/C27H33ClF4N8O2S/c1-3-37-8-10-38(11-9-37)15-18-12-21(28)25(22(29)13-18)39-16-23(34-17-39)24-20(27(30,31)32)14-33-26(36-24)35-19-4-6-40(7-5-19)43(2,41)42/h12-14,16-17,19H,3-11,15H2,1-2H3,(H,33,35,36). The highest BCUT2D eigenvalue weighted by atomic mass is 35.5. The van der Waals surface area contributed by atoms with Crippen LogP contribution in [0.2, 0.25) is 5.02 Å². The van der Waals surface area contributed by atoms with E-state index in [-0.39, 0.29) is 41.5 Å². The number of sulfonamides is 1. The molecule has 43 heavy (non-hydrogen) atoms. The summed E-state index contributed by atoms with van der Waals surface area (Å²) in [5.74, 6) is -0.677. The lowest BCUT2D eigenvalue weighted by Gasteiger charge is -2.34. The summed E-state index contributed by atoms with van der Waals surface area (Å²) in [6.07, 6.45) is 0.353. The maximum atomic E-state index is 15.4. The van der Waals surface area contributed by atoms with Gasteiger partial charge in [-0.1, -0.05) is 18.5 Å². The number of likely N-dealkylation sites (N-methyl/N-ethyl adjacent to an activating group) is 1. The lowest BCUT2D eigenvalue weighted by molar-refractivity contribution is -0.137. The molecule has 5 rings (SSSR count). The van der Waals surface area contributed by atoms with Gasteiger partial charge in [-0.15, -0.1) is 0 Å². The molecule has 0 atom stereocenters. The fourth-order valence-electron chi connectivity index (χ4n) is 5.41. The van der Waals surface area contributed by atoms with Crippen LogP contribution in [0, 0.1) is 5.82 Å². The Kier molecular flexibility index (Phi) is 9.28. The number of halogens is 5. The molecule has 0 unspecified atom stereocenters. The topological polar surface area (TPSA) is 99.5 Å². The quantitative estimate of drug-likeness (QED) is 0.366. The van der Waals surface area contributed by atoms with Crippen LogP contribution in [0.25, 0.3) is 17.1 Å². The Morgan fingerprint density at radius 3 is 2.33 bits per heavy atom. The number of alkyl halides is 3. The number of imidazole rings is 1. The number of nitrogens with one attached hydrogen (secondary N) is 1. The largest absolute Gasteiger partial charge is 0.420 e. The first-order valence-corrected chi connectivity index (χ1v) is 16.2. The highest BCUT2D eigenvalue weighted by Gasteiger charge is 2.36. The molecule has 0 bridgehead atoms. The van der Waals surface area contributed by atoms with Crippen molar-refractivity contribution in [1.82, 2.24) is 33.6 Å². The first kappa shape index (κ1) is 31.6. The molecule has 2 fully saturated rings. The van der Waals surface area contributed by atoms with E-state index in [0.717, 1.165) is 39.0 Å². The molecule has 2 aromatic heterocycles. The Morgan fingerprint density at radius 2 is 1.72 bits per heavy atom. The van der Waals surface area contributed by atoms with Crippen molar-refractivity contribution in [3.8, 4) is 17.1 Å². The third kappa shape index (κ3) is 7.45. The van der Waals surface area contributed by atoms with Gasteiger partial charge in [0, 0.05) is 64.2 Å². The normalized spacial score (nSPS) is 18.3. The van der Waals surface area contributed by atoms with Crippen molar-refractivity contribution in [2.75, 3.05) is 57.4 Å². The summed E-state index contributed by atoms with van der Waals surface area (Å²) in [5, 5.41) is 3.11. The van der Waals surface area contributed by atoms with Gasteiger partial charge in [0.1, 0.15) is 34.8 Å². The van der Waals surface area contributed by atoms with E-state index in [1.807, 2.05) is 0 Å². The second-order valence-electron chi connectivity index (χ2n) is 10.8. The van der Waals surface area contributed by atoms with Crippen LogP contribution in [0.1, 0.15) is 30.9 Å². The fourth-order valence-corrected chi connectivity index (χ4v) is 6.62. The summed E-state index contributed by atoms with van der Waals surface area (Å²) in [4.78, 5) is 16.7. The number of hydrogen-bond acceptors (Lipinski definition) is 8. The van der Waals surface area contributed by atoms with Crippen LogP contribution in [0.3, 0.4) is 0 Å². The van der Waals surface area contributed by atoms with Crippen molar-refractivity contribution in [1.29, 1.82) is 0 Å². The highest BCUT2D eigenvalue weighted by Crippen LogP contribution is 2.36. The number of rotatable bonds is 8. The molecule has 234 valence electrons. The molecular weight excluding hydrogens is 612 g/mol. The van der Waals surface area contributed by atoms with Crippen LogP contribution in [0.5, 0.6) is 0 Å². The zero-order valence-corrected chi connectivity index (χ0v) is 25.4. The number of piperazine rings is 1. The molecule has 3 aromatic rings. The van der Waals surface area contributed by atoms with Crippen LogP contribution >= 0.6 is 11.6 Å². The van der Waals surface area contributed by atoms with E-state index < -0.39 is 33.3 Å². The number of piperidine rings is 1. The molecule has 0 spiro atoms. The Labute approximate surface area is 252 Å². The second kappa shape index (κ2) is 12.6. The number of aromatic nitrogens is 4. The number of anilines is 1. The molecule has 2 aliphatic heterocycles. The third-order valence-electron chi connectivity index (χ3n) is 7.83. The van der Waals surface area contributed by atoms with Gasteiger partial charge in [0.25, 0.3) is 0 Å². The minimum atomic E-state index is -4.77. The molecule has 10 nitrogen and oxygen atoms in total. The van der Waals surface area contributed by atoms with E-state index in [0.29, 0.717) is 31.1 Å². The zero-order chi connectivity index (χ0) is 30.9. The van der Waals surface area contributed by atoms with Gasteiger partial charge in [-0.2, -0.15) is 13.2 Å². The van der Waals surface area contributed by atoms with E-state index in [1.165, 1.54) is 27.5 Å². The first-order valence-electron chi connectivity index (χ1n) is 13.9. The van der Waals surface area contributed by atoms with Crippen molar-refractivity contribution in [2.24, 2.45) is 0 Å². The van der Waals surface area contributed by atoms with Gasteiger partial charge in [0.15, 0.2) is 0 Å². The van der Waals surface area contributed by atoms with Crippen LogP contribution in [0.15, 0.2) is 30.9 Å². The van der Waals surface area contributed by atoms with Gasteiger partial charge in [0.2, 0.25) is 16.0 Å². The fraction of sp³-hybridized carbons (Fsp3) is 0.519. The van der Waals surface area contributed by atoms with E-state index in [4.69, 9.17) is 11.6 Å². The van der Waals surface area contributed by atoms with E-state index in [1.54, 1.807) is 6.07 Å². The van der Waals surface area contributed by atoms with Gasteiger partial charge in [-0.25, -0.2) is 32.1 Å². The molecule has 2 aliphatic rings. The highest BCUT2D eigenvalue weighted by molar-refractivity contribution is 7.88. The molecule has 2 saturated heterocycles. The Morgan fingerprint density at radius 1 is 1.05 bits per heavy atom. The minimum absolute atomic E-state index is 0.0291. The summed E-state index contributed by atoms with van der Waals surface area (Å²) in [6.45, 7) is 7.77. The molecule has 0 radical (unpaired) electrons. The van der Waals surface area contributed by atoms with Crippen molar-refractivity contribution in [3.05, 3.63) is 52.8 Å². The van der Waals surface area contributed by atoms with Crippen LogP contribution < -0.4 is 5.32 Å². The SMILES string of the molecule is CCN1CCN(Cc2cc(F)c(-n3cnc(-c4nc(NC5CCN(S(C)(=O)=O)CC5)ncc4C(F)(F)F)c3)c(Cl)c2)CC1. The minimum Gasteiger partial charge on any atom is -0.351 e. The lowest BCUT2D eigenvalue weighted by atomic mass is 10.1. The molecule has 0 aliphatic carbocycles. The predicted octanol–water partition coefficient (Wildman–Crippen LogP) is 4.11. The number of benzene rings is 1. The van der Waals surface area contributed by atoms with Gasteiger partial charge >= 0.3 is 6.18 Å². The summed E-state index contributed by atoms with van der Waals surface area (Å²) >= 11 is 6.49. The molecule has 0 amide bonds. The molecule has 4 heterocycles. The lowest BCUT2D eigenvalue weighted by Crippen LogP contribution is -2.45. The Balaban J connectivity index is 1.36. The van der Waals surface area contributed by atoms with Crippen LogP contribution in [-0.4, -0.2) is 100 Å².